The molecule has 1 aliphatic carbocycles. The quantitative estimate of drug-likeness (QED) is 0.868. The summed E-state index contributed by atoms with van der Waals surface area (Å²) in [7, 11) is 4.25. The van der Waals surface area contributed by atoms with Crippen molar-refractivity contribution in [3.05, 3.63) is 23.9 Å². The Morgan fingerprint density at radius 1 is 1.29 bits per heavy atom. The first-order valence-electron chi connectivity index (χ1n) is 6.54. The third-order valence-electron chi connectivity index (χ3n) is 3.97. The molecule has 0 amide bonds. The van der Waals surface area contributed by atoms with E-state index in [4.69, 9.17) is 0 Å². The lowest BCUT2D eigenvalue weighted by molar-refractivity contribution is 0.350. The van der Waals surface area contributed by atoms with Crippen molar-refractivity contribution >= 4 is 5.82 Å². The van der Waals surface area contributed by atoms with Crippen LogP contribution in [0.1, 0.15) is 31.2 Å². The Morgan fingerprint density at radius 3 is 2.59 bits per heavy atom. The summed E-state index contributed by atoms with van der Waals surface area (Å²) >= 11 is 0. The van der Waals surface area contributed by atoms with Crippen LogP contribution in [0, 0.1) is 6.92 Å². The van der Waals surface area contributed by atoms with Crippen LogP contribution in [0.25, 0.3) is 0 Å². The highest BCUT2D eigenvalue weighted by Crippen LogP contribution is 2.26. The van der Waals surface area contributed by atoms with Crippen molar-refractivity contribution in [1.29, 1.82) is 0 Å². The first kappa shape index (κ1) is 12.4. The van der Waals surface area contributed by atoms with Gasteiger partial charge in [-0.05, 0) is 51.3 Å². The van der Waals surface area contributed by atoms with Crippen molar-refractivity contribution in [2.24, 2.45) is 0 Å². The molecule has 1 heterocycles. The normalized spacial score (nSPS) is 24.6. The van der Waals surface area contributed by atoms with Gasteiger partial charge >= 0.3 is 0 Å². The molecule has 94 valence electrons. The molecule has 1 aromatic heterocycles. The molecule has 1 saturated carbocycles. The van der Waals surface area contributed by atoms with E-state index in [0.29, 0.717) is 12.1 Å². The Kier molecular flexibility index (Phi) is 4.00. The Morgan fingerprint density at radius 2 is 2.00 bits per heavy atom. The summed E-state index contributed by atoms with van der Waals surface area (Å²) in [6.07, 6.45) is 6.96. The van der Waals surface area contributed by atoms with E-state index in [0.717, 1.165) is 5.82 Å². The Hall–Kier alpha value is -1.09. The molecule has 0 radical (unpaired) electrons. The number of nitrogens with zero attached hydrogens (tertiary/aromatic N) is 2. The molecule has 1 fully saturated rings. The smallest absolute Gasteiger partial charge is 0.131 e. The summed E-state index contributed by atoms with van der Waals surface area (Å²) in [5, 5.41) is 3.38. The van der Waals surface area contributed by atoms with Crippen molar-refractivity contribution in [2.45, 2.75) is 44.7 Å². The van der Waals surface area contributed by atoms with Gasteiger partial charge in [-0.3, -0.25) is 0 Å². The molecule has 1 aliphatic rings. The zero-order valence-electron chi connectivity index (χ0n) is 11.1. The van der Waals surface area contributed by atoms with Crippen LogP contribution in [0.15, 0.2) is 18.3 Å². The van der Waals surface area contributed by atoms with Crippen molar-refractivity contribution in [1.82, 2.24) is 10.3 Å². The largest absolute Gasteiger partial charge is 0.356 e. The second-order valence-corrected chi connectivity index (χ2v) is 5.05. The van der Waals surface area contributed by atoms with Crippen LogP contribution in [0.5, 0.6) is 0 Å². The molecule has 0 spiro atoms. The lowest BCUT2D eigenvalue weighted by Crippen LogP contribution is -2.40. The Labute approximate surface area is 104 Å². The average Bonchev–Trinajstić information content (AvgIpc) is 2.39. The van der Waals surface area contributed by atoms with Gasteiger partial charge in [0.25, 0.3) is 0 Å². The minimum Gasteiger partial charge on any atom is -0.356 e. The van der Waals surface area contributed by atoms with E-state index < -0.39 is 0 Å². The molecule has 2 rings (SSSR count). The van der Waals surface area contributed by atoms with Crippen LogP contribution in [-0.2, 0) is 0 Å². The summed E-state index contributed by atoms with van der Waals surface area (Å²) in [4.78, 5) is 6.87. The van der Waals surface area contributed by atoms with Crippen LogP contribution in [0.4, 0.5) is 5.82 Å². The maximum atomic E-state index is 4.50. The number of rotatable bonds is 3. The number of pyridine rings is 1. The van der Waals surface area contributed by atoms with Crippen LogP contribution in [-0.4, -0.2) is 31.2 Å². The summed E-state index contributed by atoms with van der Waals surface area (Å²) in [5.74, 6) is 1.14. The van der Waals surface area contributed by atoms with Crippen molar-refractivity contribution in [2.75, 3.05) is 19.0 Å². The Bertz CT molecular complexity index is 356. The fourth-order valence-electron chi connectivity index (χ4n) is 2.77. The highest BCUT2D eigenvalue weighted by molar-refractivity contribution is 5.46. The third kappa shape index (κ3) is 2.78. The topological polar surface area (TPSA) is 28.2 Å². The van der Waals surface area contributed by atoms with Gasteiger partial charge in [0, 0.05) is 25.3 Å². The van der Waals surface area contributed by atoms with E-state index in [2.05, 4.69) is 42.3 Å². The molecule has 1 N–H and O–H groups in total. The molecule has 0 unspecified atom stereocenters. The maximum Gasteiger partial charge on any atom is 0.131 e. The van der Waals surface area contributed by atoms with E-state index in [-0.39, 0.29) is 0 Å². The van der Waals surface area contributed by atoms with Crippen LogP contribution < -0.4 is 10.2 Å². The molecular weight excluding hydrogens is 210 g/mol. The molecule has 0 atom stereocenters. The minimum absolute atomic E-state index is 0.646. The number of hydrogen-bond acceptors (Lipinski definition) is 3. The molecule has 17 heavy (non-hydrogen) atoms. The summed E-state index contributed by atoms with van der Waals surface area (Å²) in [6, 6.07) is 5.50. The molecule has 0 aliphatic heterocycles. The third-order valence-corrected chi connectivity index (χ3v) is 3.97. The molecule has 0 aromatic carbocycles. The number of anilines is 1. The fourth-order valence-corrected chi connectivity index (χ4v) is 2.77. The summed E-state index contributed by atoms with van der Waals surface area (Å²) in [5.41, 5.74) is 1.27. The van der Waals surface area contributed by atoms with Crippen LogP contribution in [0.3, 0.4) is 0 Å². The number of hydrogen-bond donors (Lipinski definition) is 1. The van der Waals surface area contributed by atoms with Gasteiger partial charge < -0.3 is 10.2 Å². The highest BCUT2D eigenvalue weighted by atomic mass is 15.2. The Balaban J connectivity index is 2.02. The number of nitrogens with one attached hydrogen (secondary N) is 1. The zero-order chi connectivity index (χ0) is 12.3. The first-order chi connectivity index (χ1) is 8.22. The van der Waals surface area contributed by atoms with Crippen molar-refractivity contribution < 1.29 is 0 Å². The van der Waals surface area contributed by atoms with Gasteiger partial charge in [0.15, 0.2) is 0 Å². The lowest BCUT2D eigenvalue weighted by atomic mass is 9.90. The molecule has 3 heteroatoms. The van der Waals surface area contributed by atoms with Crippen molar-refractivity contribution in [3.8, 4) is 0 Å². The fraction of sp³-hybridized carbons (Fsp3) is 0.643. The van der Waals surface area contributed by atoms with Gasteiger partial charge in [-0.1, -0.05) is 6.07 Å². The van der Waals surface area contributed by atoms with Gasteiger partial charge in [-0.15, -0.1) is 0 Å². The molecule has 3 nitrogen and oxygen atoms in total. The molecule has 0 bridgehead atoms. The average molecular weight is 233 g/mol. The standard InChI is InChI=1S/C14H23N3/c1-11-5-4-10-16-14(11)17(3)13-8-6-12(15-2)7-9-13/h4-5,10,12-13,15H,6-9H2,1-3H3. The van der Waals surface area contributed by atoms with E-state index in [1.165, 1.54) is 31.2 Å². The van der Waals surface area contributed by atoms with E-state index in [1.54, 1.807) is 0 Å². The van der Waals surface area contributed by atoms with Crippen molar-refractivity contribution in [3.63, 3.8) is 0 Å². The summed E-state index contributed by atoms with van der Waals surface area (Å²) < 4.78 is 0. The second-order valence-electron chi connectivity index (χ2n) is 5.05. The van der Waals surface area contributed by atoms with Gasteiger partial charge in [0.1, 0.15) is 5.82 Å². The van der Waals surface area contributed by atoms with Gasteiger partial charge in [-0.25, -0.2) is 4.98 Å². The summed E-state index contributed by atoms with van der Waals surface area (Å²) in [6.45, 7) is 2.14. The predicted octanol–water partition coefficient (Wildman–Crippen LogP) is 2.36. The number of aromatic nitrogens is 1. The minimum atomic E-state index is 0.646. The van der Waals surface area contributed by atoms with Crippen LogP contribution in [0.2, 0.25) is 0 Å². The lowest BCUT2D eigenvalue weighted by Gasteiger charge is -2.35. The van der Waals surface area contributed by atoms with Gasteiger partial charge in [-0.2, -0.15) is 0 Å². The van der Waals surface area contributed by atoms with Gasteiger partial charge in [0.05, 0.1) is 0 Å². The number of aryl methyl sites for hydroxylation is 1. The molecule has 0 saturated heterocycles. The second kappa shape index (κ2) is 5.50. The van der Waals surface area contributed by atoms with E-state index in [1.807, 2.05) is 12.3 Å². The maximum absolute atomic E-state index is 4.50. The SMILES string of the molecule is CNC1CCC(N(C)c2ncccc2C)CC1. The van der Waals surface area contributed by atoms with E-state index in [9.17, 15) is 0 Å². The zero-order valence-corrected chi connectivity index (χ0v) is 11.1. The monoisotopic (exact) mass is 233 g/mol. The van der Waals surface area contributed by atoms with E-state index >= 15 is 0 Å². The van der Waals surface area contributed by atoms with Gasteiger partial charge in [0.2, 0.25) is 0 Å². The predicted molar refractivity (Wildman–Crippen MR) is 72.5 cm³/mol. The molecule has 1 aromatic rings. The molecular formula is C14H23N3. The highest BCUT2D eigenvalue weighted by Gasteiger charge is 2.24. The van der Waals surface area contributed by atoms with Crippen LogP contribution >= 0.6 is 0 Å². The first-order valence-corrected chi connectivity index (χ1v) is 6.54.